The monoisotopic (exact) mass is 331 g/mol. The van der Waals surface area contributed by atoms with Crippen LogP contribution in [0, 0.1) is 5.92 Å². The van der Waals surface area contributed by atoms with Crippen molar-refractivity contribution in [1.29, 1.82) is 0 Å². The lowest BCUT2D eigenvalue weighted by atomic mass is 10.0. The number of nitrogens with one attached hydrogen (secondary N) is 1. The molecule has 1 unspecified atom stereocenters. The van der Waals surface area contributed by atoms with Crippen molar-refractivity contribution in [2.24, 2.45) is 5.92 Å². The van der Waals surface area contributed by atoms with Crippen molar-refractivity contribution in [3.63, 3.8) is 0 Å². The number of aromatic nitrogens is 2. The summed E-state index contributed by atoms with van der Waals surface area (Å²) < 4.78 is 0. The fourth-order valence-electron chi connectivity index (χ4n) is 3.43. The molecule has 0 spiro atoms. The van der Waals surface area contributed by atoms with Gasteiger partial charge in [-0.2, -0.15) is 0 Å². The Morgan fingerprint density at radius 3 is 2.32 bits per heavy atom. The van der Waals surface area contributed by atoms with Crippen LogP contribution in [-0.4, -0.2) is 16.5 Å². The fraction of sp³-hybridized carbons (Fsp3) is 0.364. The van der Waals surface area contributed by atoms with E-state index in [0.29, 0.717) is 12.0 Å². The summed E-state index contributed by atoms with van der Waals surface area (Å²) in [5.74, 6) is 0.705. The molecule has 1 aliphatic rings. The maximum absolute atomic E-state index is 5.06. The second kappa shape index (κ2) is 7.32. The summed E-state index contributed by atoms with van der Waals surface area (Å²) in [6.45, 7) is 3.24. The van der Waals surface area contributed by atoms with Crippen molar-refractivity contribution in [2.75, 3.05) is 6.54 Å². The number of rotatable bonds is 7. The first kappa shape index (κ1) is 16.2. The van der Waals surface area contributed by atoms with E-state index in [0.717, 1.165) is 41.8 Å². The quantitative estimate of drug-likeness (QED) is 0.683. The molecule has 3 heteroatoms. The second-order valence-corrected chi connectivity index (χ2v) is 6.98. The molecule has 0 amide bonds. The van der Waals surface area contributed by atoms with Crippen LogP contribution in [0.4, 0.5) is 0 Å². The normalized spacial score (nSPS) is 15.4. The molecule has 1 heterocycles. The summed E-state index contributed by atoms with van der Waals surface area (Å²) in [4.78, 5) is 10.1. The Labute approximate surface area is 149 Å². The molecule has 1 aromatic heterocycles. The Morgan fingerprint density at radius 2 is 1.64 bits per heavy atom. The first-order valence-electron chi connectivity index (χ1n) is 9.38. The van der Waals surface area contributed by atoms with Gasteiger partial charge in [-0.15, -0.1) is 0 Å². The van der Waals surface area contributed by atoms with Gasteiger partial charge in [0.1, 0.15) is 0 Å². The Balaban J connectivity index is 1.77. The summed E-state index contributed by atoms with van der Waals surface area (Å²) in [7, 11) is 0. The van der Waals surface area contributed by atoms with Crippen LogP contribution in [0.1, 0.15) is 49.2 Å². The topological polar surface area (TPSA) is 37.8 Å². The van der Waals surface area contributed by atoms with E-state index in [1.165, 1.54) is 18.4 Å². The van der Waals surface area contributed by atoms with Crippen molar-refractivity contribution in [3.8, 4) is 0 Å². The van der Waals surface area contributed by atoms with Gasteiger partial charge in [0.05, 0.1) is 28.5 Å². The van der Waals surface area contributed by atoms with E-state index in [1.807, 2.05) is 12.1 Å². The van der Waals surface area contributed by atoms with Crippen molar-refractivity contribution >= 4 is 11.0 Å². The summed E-state index contributed by atoms with van der Waals surface area (Å²) in [5, 5.41) is 3.74. The highest BCUT2D eigenvalue weighted by atomic mass is 15.0. The molecule has 25 heavy (non-hydrogen) atoms. The summed E-state index contributed by atoms with van der Waals surface area (Å²) in [6, 6.07) is 19.1. The zero-order valence-corrected chi connectivity index (χ0v) is 14.8. The van der Waals surface area contributed by atoms with Crippen molar-refractivity contribution in [2.45, 2.75) is 38.6 Å². The van der Waals surface area contributed by atoms with Gasteiger partial charge in [0.15, 0.2) is 0 Å². The maximum atomic E-state index is 5.06. The van der Waals surface area contributed by atoms with E-state index in [1.54, 1.807) is 0 Å². The number of fused-ring (bicyclic) bond motifs is 1. The zero-order chi connectivity index (χ0) is 17.1. The number of nitrogens with zero attached hydrogens (tertiary/aromatic N) is 2. The molecule has 1 saturated carbocycles. The smallest absolute Gasteiger partial charge is 0.0891 e. The molecular formula is C22H25N3. The Hall–Kier alpha value is -2.26. The molecular weight excluding hydrogens is 306 g/mol. The average Bonchev–Trinajstić information content (AvgIpc) is 3.48. The van der Waals surface area contributed by atoms with Gasteiger partial charge >= 0.3 is 0 Å². The lowest BCUT2D eigenvalue weighted by Crippen LogP contribution is -2.26. The van der Waals surface area contributed by atoms with E-state index >= 15 is 0 Å². The highest BCUT2D eigenvalue weighted by Crippen LogP contribution is 2.41. The lowest BCUT2D eigenvalue weighted by molar-refractivity contribution is 0.467. The molecule has 0 radical (unpaired) electrons. The van der Waals surface area contributed by atoms with Crippen LogP contribution in [0.15, 0.2) is 54.6 Å². The molecule has 1 fully saturated rings. The first-order chi connectivity index (χ1) is 12.3. The van der Waals surface area contributed by atoms with Crippen LogP contribution < -0.4 is 5.32 Å². The van der Waals surface area contributed by atoms with Crippen LogP contribution in [-0.2, 0) is 6.42 Å². The van der Waals surface area contributed by atoms with Gasteiger partial charge in [0.25, 0.3) is 0 Å². The van der Waals surface area contributed by atoms with E-state index in [-0.39, 0.29) is 0 Å². The Morgan fingerprint density at radius 1 is 0.960 bits per heavy atom. The fourth-order valence-corrected chi connectivity index (χ4v) is 3.43. The van der Waals surface area contributed by atoms with Gasteiger partial charge in [0.2, 0.25) is 0 Å². The molecule has 128 valence electrons. The minimum atomic E-state index is 0.329. The van der Waals surface area contributed by atoms with E-state index in [2.05, 4.69) is 54.7 Å². The largest absolute Gasteiger partial charge is 0.308 e. The predicted molar refractivity (Wildman–Crippen MR) is 103 cm³/mol. The molecule has 2 aromatic carbocycles. The molecule has 1 aliphatic carbocycles. The van der Waals surface area contributed by atoms with Crippen molar-refractivity contribution in [3.05, 3.63) is 71.5 Å². The van der Waals surface area contributed by atoms with E-state index in [9.17, 15) is 0 Å². The second-order valence-electron chi connectivity index (χ2n) is 6.98. The first-order valence-corrected chi connectivity index (χ1v) is 9.38. The summed E-state index contributed by atoms with van der Waals surface area (Å²) in [5.41, 5.74) is 5.54. The van der Waals surface area contributed by atoms with Crippen LogP contribution in [0.2, 0.25) is 0 Å². The van der Waals surface area contributed by atoms with Gasteiger partial charge in [0, 0.05) is 6.42 Å². The lowest BCUT2D eigenvalue weighted by Gasteiger charge is -2.21. The van der Waals surface area contributed by atoms with Gasteiger partial charge in [-0.1, -0.05) is 49.4 Å². The molecule has 4 rings (SSSR count). The molecule has 1 N–H and O–H groups in total. The molecule has 0 bridgehead atoms. The average molecular weight is 331 g/mol. The number of hydrogen-bond acceptors (Lipinski definition) is 3. The maximum Gasteiger partial charge on any atom is 0.0891 e. The molecule has 3 nitrogen and oxygen atoms in total. The van der Waals surface area contributed by atoms with Crippen LogP contribution in [0.5, 0.6) is 0 Å². The SMILES string of the molecule is CCCNC(c1nc2ccccc2nc1Cc1ccccc1)C1CC1. The Kier molecular flexibility index (Phi) is 4.75. The minimum absolute atomic E-state index is 0.329. The summed E-state index contributed by atoms with van der Waals surface area (Å²) in [6.07, 6.45) is 4.56. The number of benzene rings is 2. The third kappa shape index (κ3) is 3.72. The van der Waals surface area contributed by atoms with Crippen LogP contribution in [0.3, 0.4) is 0 Å². The molecule has 0 saturated heterocycles. The predicted octanol–water partition coefficient (Wildman–Crippen LogP) is 4.67. The molecule has 3 aromatic rings. The molecule has 0 aliphatic heterocycles. The standard InChI is InChI=1S/C22H25N3/c1-2-14-23-21(17-12-13-17)22-20(15-16-8-4-3-5-9-16)24-18-10-6-7-11-19(18)25-22/h3-11,17,21,23H,2,12-15H2,1H3. The minimum Gasteiger partial charge on any atom is -0.308 e. The van der Waals surface area contributed by atoms with Crippen LogP contribution >= 0.6 is 0 Å². The highest BCUT2D eigenvalue weighted by Gasteiger charge is 2.34. The van der Waals surface area contributed by atoms with Gasteiger partial charge in [-0.3, -0.25) is 0 Å². The summed E-state index contributed by atoms with van der Waals surface area (Å²) >= 11 is 0. The third-order valence-electron chi connectivity index (χ3n) is 4.89. The number of para-hydroxylation sites is 2. The van der Waals surface area contributed by atoms with Gasteiger partial charge < -0.3 is 5.32 Å². The Bertz CT molecular complexity index is 840. The van der Waals surface area contributed by atoms with Crippen LogP contribution in [0.25, 0.3) is 11.0 Å². The van der Waals surface area contributed by atoms with E-state index in [4.69, 9.17) is 9.97 Å². The van der Waals surface area contributed by atoms with Crippen molar-refractivity contribution in [1.82, 2.24) is 15.3 Å². The third-order valence-corrected chi connectivity index (χ3v) is 4.89. The van der Waals surface area contributed by atoms with Gasteiger partial charge in [-0.05, 0) is 49.4 Å². The highest BCUT2D eigenvalue weighted by molar-refractivity contribution is 5.74. The van der Waals surface area contributed by atoms with E-state index < -0.39 is 0 Å². The van der Waals surface area contributed by atoms with Crippen molar-refractivity contribution < 1.29 is 0 Å². The van der Waals surface area contributed by atoms with Gasteiger partial charge in [-0.25, -0.2) is 9.97 Å². The number of hydrogen-bond donors (Lipinski definition) is 1. The zero-order valence-electron chi connectivity index (χ0n) is 14.8. The molecule has 1 atom stereocenters.